The summed E-state index contributed by atoms with van der Waals surface area (Å²) in [5.74, 6) is 0. The second-order valence-corrected chi connectivity index (χ2v) is 5.63. The van der Waals surface area contributed by atoms with Crippen molar-refractivity contribution < 1.29 is 9.53 Å². The van der Waals surface area contributed by atoms with Gasteiger partial charge in [0.2, 0.25) is 0 Å². The minimum atomic E-state index is -0.937. The molecular formula is C12H21N3O2. The molecule has 0 saturated carbocycles. The number of amides is 1. The highest BCUT2D eigenvalue weighted by Gasteiger charge is 2.33. The summed E-state index contributed by atoms with van der Waals surface area (Å²) in [6.07, 6.45) is 1.97. The van der Waals surface area contributed by atoms with Gasteiger partial charge in [-0.1, -0.05) is 0 Å². The maximum Gasteiger partial charge on any atom is 0.410 e. The van der Waals surface area contributed by atoms with Crippen LogP contribution in [0.25, 0.3) is 0 Å². The first-order valence-corrected chi connectivity index (χ1v) is 5.94. The van der Waals surface area contributed by atoms with Crippen LogP contribution in [0.1, 0.15) is 40.0 Å². The Bertz CT molecular complexity index is 330. The molecule has 0 spiro atoms. The third kappa shape index (κ3) is 4.23. The minimum Gasteiger partial charge on any atom is -0.444 e. The number of hydrogen-bond acceptors (Lipinski definition) is 4. The molecule has 1 amide bonds. The number of ether oxygens (including phenoxy) is 1. The Morgan fingerprint density at radius 2 is 2.12 bits per heavy atom. The molecule has 5 nitrogen and oxygen atoms in total. The molecule has 1 heterocycles. The lowest BCUT2D eigenvalue weighted by Gasteiger charge is -2.29. The molecule has 0 aromatic rings. The number of nitriles is 1. The van der Waals surface area contributed by atoms with Crippen LogP contribution in [0.2, 0.25) is 0 Å². The van der Waals surface area contributed by atoms with Crippen molar-refractivity contribution in [3.8, 4) is 6.07 Å². The fourth-order valence-corrected chi connectivity index (χ4v) is 1.82. The van der Waals surface area contributed by atoms with Crippen molar-refractivity contribution in [1.29, 1.82) is 5.26 Å². The first-order valence-electron chi connectivity index (χ1n) is 5.94. The lowest BCUT2D eigenvalue weighted by molar-refractivity contribution is 0.0236. The van der Waals surface area contributed by atoms with Gasteiger partial charge in [0.15, 0.2) is 0 Å². The number of hydrogen-bond donors (Lipinski definition) is 1. The highest BCUT2D eigenvalue weighted by atomic mass is 16.6. The van der Waals surface area contributed by atoms with Gasteiger partial charge in [-0.3, -0.25) is 0 Å². The Hall–Kier alpha value is -1.28. The molecule has 17 heavy (non-hydrogen) atoms. The van der Waals surface area contributed by atoms with Crippen LogP contribution in [0.15, 0.2) is 0 Å². The summed E-state index contributed by atoms with van der Waals surface area (Å²) >= 11 is 0. The van der Waals surface area contributed by atoms with Crippen LogP contribution in [0, 0.1) is 11.3 Å². The van der Waals surface area contributed by atoms with Crippen molar-refractivity contribution in [3.05, 3.63) is 0 Å². The number of nitrogens with zero attached hydrogens (tertiary/aromatic N) is 2. The van der Waals surface area contributed by atoms with Gasteiger partial charge in [-0.15, -0.1) is 0 Å². The molecule has 1 saturated heterocycles. The largest absolute Gasteiger partial charge is 0.444 e. The van der Waals surface area contributed by atoms with Crippen LogP contribution >= 0.6 is 0 Å². The molecule has 1 aliphatic heterocycles. The molecule has 0 bridgehead atoms. The van der Waals surface area contributed by atoms with E-state index in [1.54, 1.807) is 4.90 Å². The minimum absolute atomic E-state index is 0.248. The average Bonchev–Trinajstić information content (AvgIpc) is 2.39. The number of carbonyl (C=O) groups excluding carboxylic acids is 1. The van der Waals surface area contributed by atoms with Gasteiger partial charge in [0.25, 0.3) is 0 Å². The molecule has 0 aromatic heterocycles. The van der Waals surface area contributed by atoms with Gasteiger partial charge >= 0.3 is 6.09 Å². The van der Waals surface area contributed by atoms with Crippen LogP contribution in [-0.4, -0.2) is 35.2 Å². The van der Waals surface area contributed by atoms with E-state index in [1.807, 2.05) is 20.8 Å². The van der Waals surface area contributed by atoms with E-state index in [1.165, 1.54) is 0 Å². The maximum absolute atomic E-state index is 11.9. The number of nitrogens with two attached hydrogens (primary N) is 1. The zero-order chi connectivity index (χ0) is 13.1. The van der Waals surface area contributed by atoms with Crippen molar-refractivity contribution in [2.75, 3.05) is 13.1 Å². The molecule has 1 rings (SSSR count). The van der Waals surface area contributed by atoms with Crippen molar-refractivity contribution in [2.24, 2.45) is 5.73 Å². The SMILES string of the molecule is CC(C)(C)OC(=O)N1CCCCC(N)(C#N)C1. The van der Waals surface area contributed by atoms with E-state index >= 15 is 0 Å². The third-order valence-corrected chi connectivity index (χ3v) is 2.65. The average molecular weight is 239 g/mol. The normalized spacial score (nSPS) is 25.9. The van der Waals surface area contributed by atoms with Crippen LogP contribution in [0.3, 0.4) is 0 Å². The Kier molecular flexibility index (Phi) is 3.99. The summed E-state index contributed by atoms with van der Waals surface area (Å²) in [6.45, 7) is 6.32. The summed E-state index contributed by atoms with van der Waals surface area (Å²) in [5.41, 5.74) is 4.48. The standard InChI is InChI=1S/C12H21N3O2/c1-11(2,3)17-10(16)15-7-5-4-6-12(14,8-13)9-15/h4-7,9,14H2,1-3H3. The zero-order valence-electron chi connectivity index (χ0n) is 10.8. The second kappa shape index (κ2) is 4.92. The van der Waals surface area contributed by atoms with Crippen molar-refractivity contribution in [1.82, 2.24) is 4.90 Å². The zero-order valence-corrected chi connectivity index (χ0v) is 10.8. The smallest absolute Gasteiger partial charge is 0.410 e. The van der Waals surface area contributed by atoms with Gasteiger partial charge in [0.1, 0.15) is 11.1 Å². The summed E-state index contributed by atoms with van der Waals surface area (Å²) < 4.78 is 5.29. The number of carbonyl (C=O) groups is 1. The predicted molar refractivity (Wildman–Crippen MR) is 64.2 cm³/mol. The van der Waals surface area contributed by atoms with E-state index in [4.69, 9.17) is 15.7 Å². The molecule has 5 heteroatoms. The first kappa shape index (κ1) is 13.8. The molecule has 2 N–H and O–H groups in total. The van der Waals surface area contributed by atoms with Crippen LogP contribution in [0.4, 0.5) is 4.79 Å². The van der Waals surface area contributed by atoms with Gasteiger partial charge < -0.3 is 15.4 Å². The number of likely N-dealkylation sites (tertiary alicyclic amines) is 1. The molecule has 96 valence electrons. The topological polar surface area (TPSA) is 79.3 Å². The lowest BCUT2D eigenvalue weighted by Crippen LogP contribution is -2.50. The van der Waals surface area contributed by atoms with E-state index in [-0.39, 0.29) is 12.6 Å². The predicted octanol–water partition coefficient (Wildman–Crippen LogP) is 1.63. The molecule has 1 fully saturated rings. The summed E-state index contributed by atoms with van der Waals surface area (Å²) in [7, 11) is 0. The van der Waals surface area contributed by atoms with Crippen molar-refractivity contribution in [2.45, 2.75) is 51.2 Å². The monoisotopic (exact) mass is 239 g/mol. The van der Waals surface area contributed by atoms with Gasteiger partial charge in [0, 0.05) is 6.54 Å². The third-order valence-electron chi connectivity index (χ3n) is 2.65. The molecule has 0 aromatic carbocycles. The molecule has 1 atom stereocenters. The highest BCUT2D eigenvalue weighted by Crippen LogP contribution is 2.20. The fraction of sp³-hybridized carbons (Fsp3) is 0.833. The summed E-state index contributed by atoms with van der Waals surface area (Å²) in [6, 6.07) is 2.10. The van der Waals surface area contributed by atoms with E-state index in [0.29, 0.717) is 13.0 Å². The lowest BCUT2D eigenvalue weighted by atomic mass is 9.97. The maximum atomic E-state index is 11.9. The van der Waals surface area contributed by atoms with Crippen molar-refractivity contribution in [3.63, 3.8) is 0 Å². The summed E-state index contributed by atoms with van der Waals surface area (Å²) in [4.78, 5) is 13.5. The van der Waals surface area contributed by atoms with Gasteiger partial charge in [0.05, 0.1) is 12.6 Å². The Balaban J connectivity index is 2.70. The quantitative estimate of drug-likeness (QED) is 0.696. The second-order valence-electron chi connectivity index (χ2n) is 5.63. The Morgan fingerprint density at radius 3 is 2.65 bits per heavy atom. The molecule has 1 unspecified atom stereocenters. The van der Waals surface area contributed by atoms with Gasteiger partial charge in [-0.05, 0) is 40.0 Å². The molecular weight excluding hydrogens is 218 g/mol. The Labute approximate surface area is 103 Å². The van der Waals surface area contributed by atoms with Gasteiger partial charge in [-0.25, -0.2) is 4.79 Å². The Morgan fingerprint density at radius 1 is 1.47 bits per heavy atom. The van der Waals surface area contributed by atoms with E-state index in [0.717, 1.165) is 12.8 Å². The van der Waals surface area contributed by atoms with E-state index in [9.17, 15) is 4.79 Å². The first-order chi connectivity index (χ1) is 7.76. The van der Waals surface area contributed by atoms with Crippen LogP contribution in [-0.2, 0) is 4.74 Å². The molecule has 1 aliphatic rings. The van der Waals surface area contributed by atoms with Crippen LogP contribution < -0.4 is 5.73 Å². The number of rotatable bonds is 0. The van der Waals surface area contributed by atoms with E-state index in [2.05, 4.69) is 6.07 Å². The summed E-state index contributed by atoms with van der Waals surface area (Å²) in [5, 5.41) is 9.05. The van der Waals surface area contributed by atoms with Crippen molar-refractivity contribution >= 4 is 6.09 Å². The fourth-order valence-electron chi connectivity index (χ4n) is 1.82. The highest BCUT2D eigenvalue weighted by molar-refractivity contribution is 5.68. The van der Waals surface area contributed by atoms with Gasteiger partial charge in [-0.2, -0.15) is 5.26 Å². The molecule has 0 aliphatic carbocycles. The van der Waals surface area contributed by atoms with E-state index < -0.39 is 11.1 Å². The van der Waals surface area contributed by atoms with Crippen LogP contribution in [0.5, 0.6) is 0 Å². The molecule has 0 radical (unpaired) electrons.